The predicted molar refractivity (Wildman–Crippen MR) is 67.0 cm³/mol. The number of carboxylic acids is 1. The van der Waals surface area contributed by atoms with Crippen LogP contribution in [-0.4, -0.2) is 43.6 Å². The lowest BCUT2D eigenvalue weighted by Crippen LogP contribution is -2.36. The fraction of sp³-hybridized carbons (Fsp3) is 0.300. The van der Waals surface area contributed by atoms with Crippen molar-refractivity contribution in [3.05, 3.63) is 28.2 Å². The Hall–Kier alpha value is -1.13. The minimum Gasteiger partial charge on any atom is -0.478 e. The number of hydrogen-bond acceptors (Lipinski definition) is 3. The minimum atomic E-state index is -4.67. The predicted octanol–water partition coefficient (Wildman–Crippen LogP) is 2.33. The second-order valence-electron chi connectivity index (χ2n) is 3.83. The van der Waals surface area contributed by atoms with Crippen LogP contribution in [-0.2, 0) is 10.0 Å². The number of halogens is 4. The van der Waals surface area contributed by atoms with Gasteiger partial charge in [-0.2, -0.15) is 17.5 Å². The summed E-state index contributed by atoms with van der Waals surface area (Å²) in [6.07, 6.45) is -4.67. The molecule has 0 saturated heterocycles. The third kappa shape index (κ3) is 3.93. The van der Waals surface area contributed by atoms with Gasteiger partial charge in [0.2, 0.25) is 10.0 Å². The Labute approximate surface area is 121 Å². The molecule has 0 spiro atoms. The molecule has 10 heteroatoms. The van der Waals surface area contributed by atoms with Gasteiger partial charge in [-0.05, 0) is 34.1 Å². The standard InChI is InChI=1S/C10H9BrF3NO4S/c1-15(5-10(12,13)14)20(18,19)8-3-2-6(9(16)17)4-7(8)11/h2-4H,5H2,1H3,(H,16,17). The lowest BCUT2D eigenvalue weighted by Gasteiger charge is -2.19. The molecule has 0 unspecified atom stereocenters. The smallest absolute Gasteiger partial charge is 0.402 e. The van der Waals surface area contributed by atoms with Crippen molar-refractivity contribution in [2.24, 2.45) is 0 Å². The van der Waals surface area contributed by atoms with E-state index in [-0.39, 0.29) is 14.3 Å². The van der Waals surface area contributed by atoms with Crippen LogP contribution in [0.4, 0.5) is 13.2 Å². The van der Waals surface area contributed by atoms with E-state index in [4.69, 9.17) is 5.11 Å². The molecule has 0 bridgehead atoms. The average molecular weight is 376 g/mol. The van der Waals surface area contributed by atoms with Crippen LogP contribution in [0, 0.1) is 0 Å². The van der Waals surface area contributed by atoms with Crippen molar-refractivity contribution >= 4 is 31.9 Å². The maximum absolute atomic E-state index is 12.2. The van der Waals surface area contributed by atoms with Gasteiger partial charge in [0.1, 0.15) is 6.54 Å². The Morgan fingerprint density at radius 2 is 1.95 bits per heavy atom. The van der Waals surface area contributed by atoms with Crippen LogP contribution in [0.15, 0.2) is 27.6 Å². The number of alkyl halides is 3. The molecular formula is C10H9BrF3NO4S. The molecule has 0 radical (unpaired) electrons. The number of aromatic carboxylic acids is 1. The van der Waals surface area contributed by atoms with Gasteiger partial charge in [-0.25, -0.2) is 13.2 Å². The van der Waals surface area contributed by atoms with E-state index in [0.29, 0.717) is 0 Å². The molecule has 1 rings (SSSR count). The molecule has 0 amide bonds. The number of hydrogen-bond donors (Lipinski definition) is 1. The quantitative estimate of drug-likeness (QED) is 0.876. The Morgan fingerprint density at radius 1 is 1.40 bits per heavy atom. The Bertz CT molecular complexity index is 630. The lowest BCUT2D eigenvalue weighted by atomic mass is 10.2. The Balaban J connectivity index is 3.20. The molecule has 1 aromatic carbocycles. The number of rotatable bonds is 4. The highest BCUT2D eigenvalue weighted by Gasteiger charge is 2.35. The summed E-state index contributed by atoms with van der Waals surface area (Å²) in [4.78, 5) is 10.3. The van der Waals surface area contributed by atoms with Gasteiger partial charge >= 0.3 is 12.1 Å². The lowest BCUT2D eigenvalue weighted by molar-refractivity contribution is -0.134. The summed E-state index contributed by atoms with van der Waals surface area (Å²) in [5, 5.41) is 8.74. The van der Waals surface area contributed by atoms with E-state index >= 15 is 0 Å². The maximum atomic E-state index is 12.2. The van der Waals surface area contributed by atoms with E-state index in [2.05, 4.69) is 15.9 Å². The molecule has 1 N–H and O–H groups in total. The number of sulfonamides is 1. The van der Waals surface area contributed by atoms with Crippen LogP contribution in [0.1, 0.15) is 10.4 Å². The van der Waals surface area contributed by atoms with Crippen LogP contribution in [0.3, 0.4) is 0 Å². The highest BCUT2D eigenvalue weighted by Crippen LogP contribution is 2.27. The van der Waals surface area contributed by atoms with E-state index in [9.17, 15) is 26.4 Å². The zero-order valence-corrected chi connectivity index (χ0v) is 12.4. The first-order valence-corrected chi connectivity index (χ1v) is 7.24. The van der Waals surface area contributed by atoms with Crippen molar-refractivity contribution in [2.45, 2.75) is 11.1 Å². The molecule has 0 heterocycles. The number of carboxylic acid groups (broad SMARTS) is 1. The van der Waals surface area contributed by atoms with Gasteiger partial charge in [-0.3, -0.25) is 0 Å². The highest BCUT2D eigenvalue weighted by molar-refractivity contribution is 9.10. The molecule has 112 valence electrons. The van der Waals surface area contributed by atoms with Gasteiger partial charge in [0.15, 0.2) is 0 Å². The van der Waals surface area contributed by atoms with Crippen molar-refractivity contribution in [1.82, 2.24) is 4.31 Å². The molecular weight excluding hydrogens is 367 g/mol. The zero-order valence-electron chi connectivity index (χ0n) is 9.98. The highest BCUT2D eigenvalue weighted by atomic mass is 79.9. The molecule has 1 aromatic rings. The molecule has 0 aliphatic heterocycles. The number of carbonyl (C=O) groups is 1. The second kappa shape index (κ2) is 5.70. The van der Waals surface area contributed by atoms with Gasteiger partial charge in [-0.1, -0.05) is 0 Å². The molecule has 0 fully saturated rings. The molecule has 20 heavy (non-hydrogen) atoms. The summed E-state index contributed by atoms with van der Waals surface area (Å²) < 4.78 is 60.6. The van der Waals surface area contributed by atoms with Crippen LogP contribution in [0.5, 0.6) is 0 Å². The summed E-state index contributed by atoms with van der Waals surface area (Å²) in [6.45, 7) is -1.64. The van der Waals surface area contributed by atoms with E-state index in [0.717, 1.165) is 25.2 Å². The normalized spacial score (nSPS) is 12.7. The summed E-state index contributed by atoms with van der Waals surface area (Å²) in [5.41, 5.74) is -0.186. The largest absolute Gasteiger partial charge is 0.478 e. The van der Waals surface area contributed by atoms with E-state index in [1.807, 2.05) is 0 Å². The van der Waals surface area contributed by atoms with Crippen molar-refractivity contribution < 1.29 is 31.5 Å². The van der Waals surface area contributed by atoms with Crippen LogP contribution in [0.25, 0.3) is 0 Å². The van der Waals surface area contributed by atoms with Crippen LogP contribution >= 0.6 is 15.9 Å². The first-order chi connectivity index (χ1) is 8.95. The fourth-order valence-corrected chi connectivity index (χ4v) is 3.54. The number of nitrogens with zero attached hydrogens (tertiary/aromatic N) is 1. The zero-order chi connectivity index (χ0) is 15.7. The monoisotopic (exact) mass is 375 g/mol. The number of benzene rings is 1. The Kier molecular flexibility index (Phi) is 4.82. The van der Waals surface area contributed by atoms with Gasteiger partial charge in [0.05, 0.1) is 10.5 Å². The summed E-state index contributed by atoms with van der Waals surface area (Å²) in [7, 11) is -3.58. The van der Waals surface area contributed by atoms with Crippen LogP contribution < -0.4 is 0 Å². The van der Waals surface area contributed by atoms with Crippen molar-refractivity contribution in [3.63, 3.8) is 0 Å². The van der Waals surface area contributed by atoms with Gasteiger partial charge in [-0.15, -0.1) is 0 Å². The van der Waals surface area contributed by atoms with E-state index in [1.165, 1.54) is 0 Å². The molecule has 0 aliphatic carbocycles. The Morgan fingerprint density at radius 3 is 2.35 bits per heavy atom. The first-order valence-electron chi connectivity index (χ1n) is 5.01. The van der Waals surface area contributed by atoms with Gasteiger partial charge < -0.3 is 5.11 Å². The third-order valence-electron chi connectivity index (χ3n) is 2.27. The van der Waals surface area contributed by atoms with Crippen molar-refractivity contribution in [2.75, 3.05) is 13.6 Å². The SMILES string of the molecule is CN(CC(F)(F)F)S(=O)(=O)c1ccc(C(=O)O)cc1Br. The molecule has 0 saturated carbocycles. The summed E-state index contributed by atoms with van der Waals surface area (Å²) in [5.74, 6) is -1.28. The molecule has 0 aromatic heterocycles. The maximum Gasteiger partial charge on any atom is 0.402 e. The van der Waals surface area contributed by atoms with Gasteiger partial charge in [0.25, 0.3) is 0 Å². The first kappa shape index (κ1) is 16.9. The second-order valence-corrected chi connectivity index (χ2v) is 6.69. The van der Waals surface area contributed by atoms with E-state index in [1.54, 1.807) is 0 Å². The minimum absolute atomic E-state index is 0.119. The van der Waals surface area contributed by atoms with Crippen LogP contribution in [0.2, 0.25) is 0 Å². The fourth-order valence-electron chi connectivity index (χ4n) is 1.35. The topological polar surface area (TPSA) is 74.7 Å². The summed E-state index contributed by atoms with van der Waals surface area (Å²) in [6, 6.07) is 2.95. The molecule has 5 nitrogen and oxygen atoms in total. The third-order valence-corrected chi connectivity index (χ3v) is 5.05. The molecule has 0 aliphatic rings. The van der Waals surface area contributed by atoms with Crippen molar-refractivity contribution in [3.8, 4) is 0 Å². The van der Waals surface area contributed by atoms with Gasteiger partial charge in [0, 0.05) is 11.5 Å². The van der Waals surface area contributed by atoms with Crippen molar-refractivity contribution in [1.29, 1.82) is 0 Å². The van der Waals surface area contributed by atoms with E-state index < -0.39 is 33.6 Å². The summed E-state index contributed by atoms with van der Waals surface area (Å²) >= 11 is 2.85. The average Bonchev–Trinajstić information content (AvgIpc) is 2.25. The molecule has 0 atom stereocenters.